The van der Waals surface area contributed by atoms with Gasteiger partial charge in [0.2, 0.25) is 0 Å². The van der Waals surface area contributed by atoms with E-state index in [0.29, 0.717) is 0 Å². The van der Waals surface area contributed by atoms with Crippen LogP contribution in [-0.4, -0.2) is 3.96 Å². The van der Waals surface area contributed by atoms with Crippen molar-refractivity contribution in [2.75, 3.05) is 0 Å². The molecule has 2 aromatic rings. The molecule has 0 aliphatic heterocycles. The fraction of sp³-hybridized carbons (Fsp3) is 0.182. The van der Waals surface area contributed by atoms with Gasteiger partial charge in [-0.05, 0) is 31.0 Å². The second-order valence-corrected chi connectivity index (χ2v) is 4.18. The summed E-state index contributed by atoms with van der Waals surface area (Å²) in [4.78, 5) is 11.5. The molecule has 0 radical (unpaired) electrons. The fourth-order valence-electron chi connectivity index (χ4n) is 1.38. The standard InChI is InChI=1S/C11H11NOS/c1-8-3-4-9(2)10(7-8)12-11(13)5-6-14-12/h3-7H,1-2H3. The Morgan fingerprint density at radius 2 is 2.00 bits per heavy atom. The fourth-order valence-corrected chi connectivity index (χ4v) is 2.16. The molecule has 0 aliphatic rings. The van der Waals surface area contributed by atoms with Crippen molar-refractivity contribution in [1.82, 2.24) is 3.96 Å². The van der Waals surface area contributed by atoms with Crippen molar-refractivity contribution >= 4 is 11.5 Å². The summed E-state index contributed by atoms with van der Waals surface area (Å²) in [5.74, 6) is 0. The summed E-state index contributed by atoms with van der Waals surface area (Å²) in [5, 5.41) is 1.81. The first-order valence-electron chi connectivity index (χ1n) is 4.43. The van der Waals surface area contributed by atoms with Crippen molar-refractivity contribution in [3.05, 3.63) is 51.1 Å². The second kappa shape index (κ2) is 3.42. The molecule has 1 heterocycles. The van der Waals surface area contributed by atoms with Crippen LogP contribution in [0.5, 0.6) is 0 Å². The average Bonchev–Trinajstić information content (AvgIpc) is 2.56. The highest BCUT2D eigenvalue weighted by Crippen LogP contribution is 2.15. The predicted molar refractivity (Wildman–Crippen MR) is 59.4 cm³/mol. The van der Waals surface area contributed by atoms with E-state index in [1.54, 1.807) is 10.0 Å². The monoisotopic (exact) mass is 205 g/mol. The SMILES string of the molecule is Cc1ccc(C)c(-n2sccc2=O)c1. The number of nitrogens with zero attached hydrogens (tertiary/aromatic N) is 1. The molecule has 0 fully saturated rings. The van der Waals surface area contributed by atoms with Crippen LogP contribution in [0.25, 0.3) is 5.69 Å². The zero-order valence-electron chi connectivity index (χ0n) is 8.15. The third-order valence-electron chi connectivity index (χ3n) is 2.16. The molecule has 0 saturated heterocycles. The van der Waals surface area contributed by atoms with Gasteiger partial charge in [0.05, 0.1) is 5.69 Å². The van der Waals surface area contributed by atoms with Crippen LogP contribution in [0.4, 0.5) is 0 Å². The molecule has 1 aromatic heterocycles. The Morgan fingerprint density at radius 1 is 1.21 bits per heavy atom. The molecule has 0 amide bonds. The predicted octanol–water partition coefficient (Wildman–Crippen LogP) is 2.52. The largest absolute Gasteiger partial charge is 0.268 e. The summed E-state index contributed by atoms with van der Waals surface area (Å²) in [6.07, 6.45) is 0. The Bertz CT molecular complexity index is 510. The van der Waals surface area contributed by atoms with Gasteiger partial charge < -0.3 is 0 Å². The average molecular weight is 205 g/mol. The Balaban J connectivity index is 2.68. The molecule has 3 heteroatoms. The van der Waals surface area contributed by atoms with E-state index >= 15 is 0 Å². The van der Waals surface area contributed by atoms with Crippen molar-refractivity contribution in [2.45, 2.75) is 13.8 Å². The van der Waals surface area contributed by atoms with Gasteiger partial charge in [-0.25, -0.2) is 3.96 Å². The zero-order valence-corrected chi connectivity index (χ0v) is 8.97. The summed E-state index contributed by atoms with van der Waals surface area (Å²) in [5.41, 5.74) is 3.33. The zero-order chi connectivity index (χ0) is 10.1. The van der Waals surface area contributed by atoms with Gasteiger partial charge >= 0.3 is 0 Å². The van der Waals surface area contributed by atoms with Crippen LogP contribution in [0.1, 0.15) is 11.1 Å². The second-order valence-electron chi connectivity index (χ2n) is 3.33. The highest BCUT2D eigenvalue weighted by molar-refractivity contribution is 7.04. The number of rotatable bonds is 1. The highest BCUT2D eigenvalue weighted by atomic mass is 32.1. The van der Waals surface area contributed by atoms with Crippen molar-refractivity contribution in [3.8, 4) is 5.69 Å². The molecule has 0 unspecified atom stereocenters. The molecule has 0 bridgehead atoms. The maximum absolute atomic E-state index is 11.5. The number of benzene rings is 1. The van der Waals surface area contributed by atoms with Crippen LogP contribution < -0.4 is 5.56 Å². The Labute approximate surface area is 86.6 Å². The minimum atomic E-state index is 0.0451. The highest BCUT2D eigenvalue weighted by Gasteiger charge is 2.03. The van der Waals surface area contributed by atoms with E-state index in [1.165, 1.54) is 17.1 Å². The third-order valence-corrected chi connectivity index (χ3v) is 3.01. The molecule has 2 nitrogen and oxygen atoms in total. The van der Waals surface area contributed by atoms with Gasteiger partial charge in [0.1, 0.15) is 0 Å². The summed E-state index contributed by atoms with van der Waals surface area (Å²) in [6, 6.07) is 7.72. The molecule has 72 valence electrons. The normalized spacial score (nSPS) is 10.4. The first-order valence-corrected chi connectivity index (χ1v) is 5.27. The number of aromatic nitrogens is 1. The molecule has 0 N–H and O–H groups in total. The van der Waals surface area contributed by atoms with Crippen LogP contribution in [0.2, 0.25) is 0 Å². The quantitative estimate of drug-likeness (QED) is 0.701. The lowest BCUT2D eigenvalue weighted by Crippen LogP contribution is -2.10. The van der Waals surface area contributed by atoms with Crippen molar-refractivity contribution in [2.24, 2.45) is 0 Å². The van der Waals surface area contributed by atoms with E-state index in [0.717, 1.165) is 11.3 Å². The molecule has 1 aromatic carbocycles. The van der Waals surface area contributed by atoms with Gasteiger partial charge in [-0.15, -0.1) is 0 Å². The summed E-state index contributed by atoms with van der Waals surface area (Å²) >= 11 is 1.43. The molecule has 0 saturated carbocycles. The Hall–Kier alpha value is -1.35. The summed E-state index contributed by atoms with van der Waals surface area (Å²) in [7, 11) is 0. The van der Waals surface area contributed by atoms with E-state index in [-0.39, 0.29) is 5.56 Å². The Morgan fingerprint density at radius 3 is 2.64 bits per heavy atom. The first kappa shape index (κ1) is 9.21. The van der Waals surface area contributed by atoms with Crippen LogP contribution >= 0.6 is 11.5 Å². The number of hydrogen-bond acceptors (Lipinski definition) is 2. The van der Waals surface area contributed by atoms with Crippen molar-refractivity contribution in [1.29, 1.82) is 0 Å². The maximum Gasteiger partial charge on any atom is 0.265 e. The van der Waals surface area contributed by atoms with Crippen LogP contribution in [0.15, 0.2) is 34.4 Å². The lowest BCUT2D eigenvalue weighted by molar-refractivity contribution is 1.10. The topological polar surface area (TPSA) is 22.0 Å². The maximum atomic E-state index is 11.5. The van der Waals surface area contributed by atoms with Crippen LogP contribution in [0.3, 0.4) is 0 Å². The summed E-state index contributed by atoms with van der Waals surface area (Å²) in [6.45, 7) is 4.04. The number of aryl methyl sites for hydroxylation is 2. The van der Waals surface area contributed by atoms with Crippen molar-refractivity contribution < 1.29 is 0 Å². The third kappa shape index (κ3) is 1.51. The van der Waals surface area contributed by atoms with Gasteiger partial charge in [-0.3, -0.25) is 4.79 Å². The van der Waals surface area contributed by atoms with Gasteiger partial charge in [-0.1, -0.05) is 23.7 Å². The molecule has 0 spiro atoms. The first-order chi connectivity index (χ1) is 6.68. The van der Waals surface area contributed by atoms with E-state index in [9.17, 15) is 4.79 Å². The molecule has 14 heavy (non-hydrogen) atoms. The molecule has 0 aliphatic carbocycles. The van der Waals surface area contributed by atoms with E-state index in [2.05, 4.69) is 6.07 Å². The van der Waals surface area contributed by atoms with Crippen molar-refractivity contribution in [3.63, 3.8) is 0 Å². The Kier molecular flexibility index (Phi) is 2.25. The van der Waals surface area contributed by atoms with Gasteiger partial charge in [0.25, 0.3) is 5.56 Å². The molecular weight excluding hydrogens is 194 g/mol. The van der Waals surface area contributed by atoms with E-state index < -0.39 is 0 Å². The van der Waals surface area contributed by atoms with E-state index in [4.69, 9.17) is 0 Å². The van der Waals surface area contributed by atoms with Gasteiger partial charge in [0.15, 0.2) is 0 Å². The van der Waals surface area contributed by atoms with Gasteiger partial charge in [-0.2, -0.15) is 0 Å². The van der Waals surface area contributed by atoms with Crippen LogP contribution in [0, 0.1) is 13.8 Å². The molecule has 2 rings (SSSR count). The van der Waals surface area contributed by atoms with E-state index in [1.807, 2.05) is 31.4 Å². The smallest absolute Gasteiger partial charge is 0.265 e. The molecule has 0 atom stereocenters. The minimum Gasteiger partial charge on any atom is -0.268 e. The van der Waals surface area contributed by atoms with Crippen LogP contribution in [-0.2, 0) is 0 Å². The van der Waals surface area contributed by atoms with Gasteiger partial charge in [0, 0.05) is 11.4 Å². The summed E-state index contributed by atoms with van der Waals surface area (Å²) < 4.78 is 1.71. The lowest BCUT2D eigenvalue weighted by Gasteiger charge is -2.05. The lowest BCUT2D eigenvalue weighted by atomic mass is 10.1. The minimum absolute atomic E-state index is 0.0451. The molecular formula is C11H11NOS. The number of hydrogen-bond donors (Lipinski definition) is 0.